The Morgan fingerprint density at radius 1 is 0.732 bits per heavy atom. The molecule has 2 saturated carbocycles. The van der Waals surface area contributed by atoms with Gasteiger partial charge in [-0.05, 0) is 92.4 Å². The minimum Gasteiger partial charge on any atom is -0.362 e. The van der Waals surface area contributed by atoms with Gasteiger partial charge in [-0.3, -0.25) is 4.98 Å². The molecule has 8 aromatic rings. The smallest absolute Gasteiger partial charge is 0.156 e. The van der Waals surface area contributed by atoms with Crippen LogP contribution in [0.2, 0.25) is 5.02 Å². The maximum atomic E-state index is 7.17. The van der Waals surface area contributed by atoms with E-state index in [9.17, 15) is 0 Å². The normalized spacial score (nSPS) is 23.1. The third-order valence-corrected chi connectivity index (χ3v) is 13.6. The van der Waals surface area contributed by atoms with Crippen molar-refractivity contribution in [1.29, 1.82) is 0 Å². The Morgan fingerprint density at radius 3 is 2.16 bits per heavy atom. The Labute approximate surface area is 331 Å². The molecule has 6 aromatic heterocycles. The van der Waals surface area contributed by atoms with Crippen LogP contribution in [0.4, 0.5) is 0 Å². The highest BCUT2D eigenvalue weighted by Crippen LogP contribution is 2.50. The first-order valence-corrected chi connectivity index (χ1v) is 20.1. The fourth-order valence-corrected chi connectivity index (χ4v) is 10.2. The molecule has 2 fully saturated rings. The van der Waals surface area contributed by atoms with Gasteiger partial charge in [0.1, 0.15) is 17.8 Å². The van der Waals surface area contributed by atoms with E-state index in [1.807, 2.05) is 41.1 Å². The Bertz CT molecular complexity index is 3080. The van der Waals surface area contributed by atoms with Crippen LogP contribution in [0.3, 0.4) is 0 Å². The summed E-state index contributed by atoms with van der Waals surface area (Å²) in [6, 6.07) is 18.8. The van der Waals surface area contributed by atoms with Crippen LogP contribution in [0.5, 0.6) is 0 Å². The maximum absolute atomic E-state index is 7.17. The summed E-state index contributed by atoms with van der Waals surface area (Å²) in [5, 5.41) is 7.15. The number of hydrogen-bond donors (Lipinski definition) is 1. The van der Waals surface area contributed by atoms with Crippen molar-refractivity contribution in [3.63, 3.8) is 0 Å². The van der Waals surface area contributed by atoms with E-state index in [1.165, 1.54) is 5.70 Å². The molecule has 12 rings (SSSR count). The summed E-state index contributed by atoms with van der Waals surface area (Å²) in [6.45, 7) is 0. The van der Waals surface area contributed by atoms with Crippen LogP contribution < -0.4 is 5.32 Å². The molecule has 5 atom stereocenters. The SMILES string of the molecule is Cn1c(C2CCC2c2nc3c4ccc(-c5ccn6cc(C7CCC7C7=CN8C=CC=C(Cl)C8N7)nc6c5Cl)nc4ccc3n2C)nc2c3cccnc3ccc21. The molecule has 0 radical (unpaired) electrons. The van der Waals surface area contributed by atoms with Crippen molar-refractivity contribution < 1.29 is 0 Å². The van der Waals surface area contributed by atoms with Gasteiger partial charge in [0, 0.05) is 90.8 Å². The summed E-state index contributed by atoms with van der Waals surface area (Å²) in [7, 11) is 4.27. The summed E-state index contributed by atoms with van der Waals surface area (Å²) in [5.74, 6) is 3.43. The molecule has 12 heteroatoms. The van der Waals surface area contributed by atoms with Gasteiger partial charge in [0.15, 0.2) is 5.65 Å². The van der Waals surface area contributed by atoms with Crippen LogP contribution in [-0.4, -0.2) is 49.5 Å². The molecule has 2 aliphatic carbocycles. The van der Waals surface area contributed by atoms with Gasteiger partial charge in [0.25, 0.3) is 0 Å². The standard InChI is InChI=1S/C44H36Cl2N10/c1-53-36-15-13-31-28(5-3-18-47-31)39(36)51-41(53)25-9-10-26(25)42-52-40-29-11-12-32(48-33(29)14-16-37(40)54(42)2)27-17-20-56-22-35(50-44(56)38(27)46)24-8-7-23(24)34-21-55-19-4-6-30(45)43(55)49-34/h3-6,11-26,43,49H,7-10H2,1-2H3. The summed E-state index contributed by atoms with van der Waals surface area (Å²) in [6.07, 6.45) is 18.5. The lowest BCUT2D eigenvalue weighted by Crippen LogP contribution is -2.38. The van der Waals surface area contributed by atoms with E-state index in [-0.39, 0.29) is 18.0 Å². The van der Waals surface area contributed by atoms with Crippen molar-refractivity contribution in [1.82, 2.24) is 48.7 Å². The van der Waals surface area contributed by atoms with Crippen LogP contribution in [0.25, 0.3) is 60.8 Å². The average Bonchev–Trinajstić information content (AvgIpc) is 3.96. The van der Waals surface area contributed by atoms with Gasteiger partial charge in [-0.25, -0.2) is 19.9 Å². The Kier molecular flexibility index (Phi) is 6.91. The van der Waals surface area contributed by atoms with Crippen LogP contribution in [0, 0.1) is 5.92 Å². The first-order chi connectivity index (χ1) is 27.4. The summed E-state index contributed by atoms with van der Waals surface area (Å²) in [5.41, 5.74) is 10.8. The van der Waals surface area contributed by atoms with Crippen molar-refractivity contribution in [2.45, 2.75) is 49.6 Å². The molecule has 0 bridgehead atoms. The van der Waals surface area contributed by atoms with Gasteiger partial charge in [0.05, 0.1) is 54.5 Å². The van der Waals surface area contributed by atoms with E-state index < -0.39 is 0 Å². The Morgan fingerprint density at radius 2 is 1.45 bits per heavy atom. The second-order valence-corrected chi connectivity index (χ2v) is 16.6. The highest BCUT2D eigenvalue weighted by atomic mass is 35.5. The number of fused-ring (bicyclic) bond motifs is 8. The van der Waals surface area contributed by atoms with Gasteiger partial charge in [-0.15, -0.1) is 0 Å². The highest BCUT2D eigenvalue weighted by molar-refractivity contribution is 6.36. The molecule has 10 nitrogen and oxygen atoms in total. The molecule has 276 valence electrons. The van der Waals surface area contributed by atoms with Crippen LogP contribution in [0.1, 0.15) is 60.8 Å². The maximum Gasteiger partial charge on any atom is 0.156 e. The van der Waals surface area contributed by atoms with E-state index in [1.54, 1.807) is 0 Å². The van der Waals surface area contributed by atoms with E-state index in [0.29, 0.717) is 16.9 Å². The molecule has 56 heavy (non-hydrogen) atoms. The molecule has 0 spiro atoms. The Hall–Kier alpha value is -5.71. The summed E-state index contributed by atoms with van der Waals surface area (Å²) < 4.78 is 6.57. The number of halogens is 2. The molecule has 0 amide bonds. The largest absolute Gasteiger partial charge is 0.362 e. The van der Waals surface area contributed by atoms with Crippen molar-refractivity contribution in [3.05, 3.63) is 131 Å². The second-order valence-electron chi connectivity index (χ2n) is 15.8. The van der Waals surface area contributed by atoms with Gasteiger partial charge >= 0.3 is 0 Å². The first kappa shape index (κ1) is 32.5. The number of aryl methyl sites for hydroxylation is 2. The average molecular weight is 776 g/mol. The number of pyridine rings is 3. The molecule has 5 unspecified atom stereocenters. The lowest BCUT2D eigenvalue weighted by Gasteiger charge is -2.36. The number of aromatic nitrogens is 8. The van der Waals surface area contributed by atoms with Crippen LogP contribution in [0.15, 0.2) is 108 Å². The number of nitrogens with one attached hydrogen (secondary N) is 1. The monoisotopic (exact) mass is 774 g/mol. The molecule has 2 aliphatic heterocycles. The topological polar surface area (TPSA) is 94.0 Å². The first-order valence-electron chi connectivity index (χ1n) is 19.3. The van der Waals surface area contributed by atoms with Crippen LogP contribution in [-0.2, 0) is 14.1 Å². The zero-order valence-corrected chi connectivity index (χ0v) is 32.2. The quantitative estimate of drug-likeness (QED) is 0.186. The lowest BCUT2D eigenvalue weighted by molar-refractivity contribution is 0.281. The van der Waals surface area contributed by atoms with Crippen molar-refractivity contribution in [2.75, 3.05) is 0 Å². The summed E-state index contributed by atoms with van der Waals surface area (Å²) in [4.78, 5) is 27.5. The lowest BCUT2D eigenvalue weighted by atomic mass is 9.70. The fraction of sp³-hybridized carbons (Fsp3) is 0.250. The molecule has 1 N–H and O–H groups in total. The van der Waals surface area contributed by atoms with E-state index in [2.05, 4.69) is 99.5 Å². The number of allylic oxidation sites excluding steroid dienone is 3. The predicted octanol–water partition coefficient (Wildman–Crippen LogP) is 9.40. The zero-order valence-electron chi connectivity index (χ0n) is 30.7. The zero-order chi connectivity index (χ0) is 37.4. The number of hydrogen-bond acceptors (Lipinski definition) is 7. The van der Waals surface area contributed by atoms with Crippen LogP contribution >= 0.6 is 23.2 Å². The highest BCUT2D eigenvalue weighted by Gasteiger charge is 2.41. The molecule has 0 saturated heterocycles. The molecular weight excluding hydrogens is 739 g/mol. The van der Waals surface area contributed by atoms with Crippen molar-refractivity contribution in [2.24, 2.45) is 20.0 Å². The Balaban J connectivity index is 0.848. The minimum atomic E-state index is -0.0188. The second kappa shape index (κ2) is 11.9. The van der Waals surface area contributed by atoms with Gasteiger partial charge in [-0.1, -0.05) is 23.2 Å². The third kappa shape index (κ3) is 4.60. The van der Waals surface area contributed by atoms with Gasteiger partial charge in [-0.2, -0.15) is 0 Å². The molecular formula is C44H36Cl2N10. The fourth-order valence-electron chi connectivity index (χ4n) is 9.65. The number of benzene rings is 2. The third-order valence-electron chi connectivity index (χ3n) is 12.9. The van der Waals surface area contributed by atoms with E-state index in [0.717, 1.165) is 109 Å². The number of imidazole rings is 3. The predicted molar refractivity (Wildman–Crippen MR) is 221 cm³/mol. The molecule has 2 aromatic carbocycles. The summed E-state index contributed by atoms with van der Waals surface area (Å²) >= 11 is 13.7. The van der Waals surface area contributed by atoms with Gasteiger partial charge < -0.3 is 23.8 Å². The van der Waals surface area contributed by atoms with E-state index >= 15 is 0 Å². The molecule has 4 aliphatic rings. The van der Waals surface area contributed by atoms with Crippen molar-refractivity contribution >= 4 is 72.7 Å². The van der Waals surface area contributed by atoms with Crippen molar-refractivity contribution in [3.8, 4) is 11.3 Å². The number of rotatable bonds is 5. The minimum absolute atomic E-state index is 0.0188. The van der Waals surface area contributed by atoms with Gasteiger partial charge in [0.2, 0.25) is 0 Å². The molecule has 8 heterocycles. The number of nitrogens with zero attached hydrogens (tertiary/aromatic N) is 9. The van der Waals surface area contributed by atoms with E-state index in [4.69, 9.17) is 43.1 Å².